The van der Waals surface area contributed by atoms with Crippen molar-refractivity contribution >= 4 is 57.6 Å². The topological polar surface area (TPSA) is 194 Å². The van der Waals surface area contributed by atoms with E-state index in [0.29, 0.717) is 75.0 Å². The molecule has 3 N–H and O–H groups in total. The lowest BCUT2D eigenvalue weighted by Gasteiger charge is -2.41. The number of H-pyrrole nitrogens is 1. The van der Waals surface area contributed by atoms with Crippen LogP contribution < -0.4 is 15.5 Å². The number of nitrogens with one attached hydrogen (secondary N) is 3. The Morgan fingerprint density at radius 1 is 0.768 bits per heavy atom. The third-order valence-electron chi connectivity index (χ3n) is 15.0. The number of hydrogen-bond donors (Lipinski definition) is 3. The maximum absolute atomic E-state index is 13.6. The third-order valence-corrected chi connectivity index (χ3v) is 15.0. The predicted molar refractivity (Wildman–Crippen MR) is 312 cm³/mol. The van der Waals surface area contributed by atoms with Gasteiger partial charge in [-0.2, -0.15) is 5.10 Å². The van der Waals surface area contributed by atoms with Gasteiger partial charge < -0.3 is 30.1 Å². The van der Waals surface area contributed by atoms with E-state index in [1.807, 2.05) is 59.2 Å². The van der Waals surface area contributed by atoms with Crippen molar-refractivity contribution in [2.75, 3.05) is 67.9 Å². The van der Waals surface area contributed by atoms with Crippen LogP contribution in [0.5, 0.6) is 0 Å². The highest BCUT2D eigenvalue weighted by atomic mass is 19.1. The van der Waals surface area contributed by atoms with Crippen molar-refractivity contribution in [3.05, 3.63) is 150 Å². The first kappa shape index (κ1) is 57.4. The molecular formula is C63H64F2N12O5. The van der Waals surface area contributed by atoms with E-state index >= 15 is 0 Å². The quantitative estimate of drug-likeness (QED) is 0.111. The molecule has 17 nitrogen and oxygen atoms in total. The van der Waals surface area contributed by atoms with Crippen molar-refractivity contribution < 1.29 is 32.7 Å². The highest BCUT2D eigenvalue weighted by Gasteiger charge is 2.47. The number of rotatable bonds is 10. The molecule has 7 heterocycles. The summed E-state index contributed by atoms with van der Waals surface area (Å²) in [6.07, 6.45) is 17.2. The zero-order valence-corrected chi connectivity index (χ0v) is 45.4. The molecule has 3 saturated heterocycles. The van der Waals surface area contributed by atoms with Crippen LogP contribution in [0.3, 0.4) is 0 Å². The van der Waals surface area contributed by atoms with Gasteiger partial charge in [0.2, 0.25) is 17.7 Å². The zero-order chi connectivity index (χ0) is 57.1. The van der Waals surface area contributed by atoms with E-state index in [2.05, 4.69) is 57.5 Å². The molecule has 4 aromatic carbocycles. The molecule has 4 amide bonds. The van der Waals surface area contributed by atoms with Gasteiger partial charge in [-0.05, 0) is 143 Å². The molecule has 3 aromatic heterocycles. The molecule has 0 aliphatic carbocycles. The monoisotopic (exact) mass is 1110 g/mol. The Morgan fingerprint density at radius 2 is 1.40 bits per heavy atom. The van der Waals surface area contributed by atoms with Crippen molar-refractivity contribution in [1.29, 1.82) is 0 Å². The van der Waals surface area contributed by atoms with Crippen molar-refractivity contribution in [2.24, 2.45) is 15.8 Å². The van der Waals surface area contributed by atoms with Crippen LogP contribution in [0.25, 0.3) is 33.5 Å². The fourth-order valence-corrected chi connectivity index (χ4v) is 10.6. The summed E-state index contributed by atoms with van der Waals surface area (Å²) in [6, 6.07) is 29.0. The van der Waals surface area contributed by atoms with Gasteiger partial charge in [-0.15, -0.1) is 12.8 Å². The summed E-state index contributed by atoms with van der Waals surface area (Å²) in [5.74, 6) is 5.58. The van der Waals surface area contributed by atoms with Crippen LogP contribution in [0.2, 0.25) is 0 Å². The van der Waals surface area contributed by atoms with E-state index in [4.69, 9.17) is 17.6 Å². The summed E-state index contributed by atoms with van der Waals surface area (Å²) in [5, 5.41) is 14.1. The number of amides is 4. The summed E-state index contributed by atoms with van der Waals surface area (Å²) < 4.78 is 32.2. The number of likely N-dealkylation sites (tertiary alicyclic amines) is 2. The molecule has 4 aliphatic rings. The summed E-state index contributed by atoms with van der Waals surface area (Å²) >= 11 is 0. The largest absolute Gasteiger partial charge is 0.444 e. The minimum absolute atomic E-state index is 0. The number of hydrogen-bond acceptors (Lipinski definition) is 12. The lowest BCUT2D eigenvalue weighted by molar-refractivity contribution is -0.135. The van der Waals surface area contributed by atoms with Crippen molar-refractivity contribution in [3.8, 4) is 47.3 Å². The van der Waals surface area contributed by atoms with Crippen LogP contribution in [0.1, 0.15) is 64.7 Å². The molecule has 4 aliphatic heterocycles. The Morgan fingerprint density at radius 3 is 2.05 bits per heavy atom. The Kier molecular flexibility index (Phi) is 16.6. The molecule has 0 radical (unpaired) electrons. The van der Waals surface area contributed by atoms with Gasteiger partial charge in [-0.3, -0.25) is 29.4 Å². The van der Waals surface area contributed by atoms with E-state index in [-0.39, 0.29) is 62.5 Å². The van der Waals surface area contributed by atoms with E-state index < -0.39 is 22.5 Å². The second-order valence-electron chi connectivity index (χ2n) is 21.7. The Hall–Kier alpha value is -9.33. The van der Waals surface area contributed by atoms with Gasteiger partial charge in [-0.25, -0.2) is 28.5 Å². The summed E-state index contributed by atoms with van der Waals surface area (Å²) in [4.78, 5) is 78.1. The van der Waals surface area contributed by atoms with Gasteiger partial charge in [0.05, 0.1) is 30.0 Å². The minimum atomic E-state index is -1.14. The molecule has 11 rings (SSSR count). The molecule has 0 saturated carbocycles. The fourth-order valence-electron chi connectivity index (χ4n) is 10.6. The molecule has 420 valence electrons. The maximum atomic E-state index is 13.6. The molecular weight excluding hydrogens is 1040 g/mol. The lowest BCUT2D eigenvalue weighted by atomic mass is 9.87. The molecule has 3 fully saturated rings. The molecule has 19 heteroatoms. The van der Waals surface area contributed by atoms with Crippen LogP contribution in [0, 0.1) is 47.2 Å². The average molecular weight is 1110 g/mol. The second-order valence-corrected chi connectivity index (χ2v) is 21.7. The van der Waals surface area contributed by atoms with Crippen LogP contribution in [-0.4, -0.2) is 133 Å². The number of aromatic amines is 1. The number of anilines is 3. The number of nitrogens with zero attached hydrogens (tertiary/aromatic N) is 9. The average Bonchev–Trinajstić information content (AvgIpc) is 4.50. The number of pyridine rings is 1. The summed E-state index contributed by atoms with van der Waals surface area (Å²) in [5.41, 5.74) is 4.83. The van der Waals surface area contributed by atoms with E-state index in [0.717, 1.165) is 50.2 Å². The summed E-state index contributed by atoms with van der Waals surface area (Å²) in [7, 11) is 0. The normalized spacial score (nSPS) is 19.4. The van der Waals surface area contributed by atoms with Crippen LogP contribution >= 0.6 is 0 Å². The van der Waals surface area contributed by atoms with Gasteiger partial charge >= 0.3 is 6.09 Å². The van der Waals surface area contributed by atoms with E-state index in [9.17, 15) is 28.0 Å². The highest BCUT2D eigenvalue weighted by molar-refractivity contribution is 6.16. The van der Waals surface area contributed by atoms with Crippen molar-refractivity contribution in [2.45, 2.75) is 66.2 Å². The fraction of sp³-hybridized carbons (Fsp3) is 0.317. The van der Waals surface area contributed by atoms with Crippen molar-refractivity contribution in [1.82, 2.24) is 39.8 Å². The Balaban J connectivity index is 0.000000209. The smallest absolute Gasteiger partial charge is 0.410 e. The molecule has 0 bridgehead atoms. The number of ether oxygens (including phenoxy) is 1. The molecule has 7 aromatic rings. The van der Waals surface area contributed by atoms with Gasteiger partial charge in [0.15, 0.2) is 5.82 Å². The predicted octanol–water partition coefficient (Wildman–Crippen LogP) is 9.23. The first-order valence-corrected chi connectivity index (χ1v) is 26.7. The number of benzene rings is 4. The first-order chi connectivity index (χ1) is 38.9. The number of aromatic nitrogens is 5. The summed E-state index contributed by atoms with van der Waals surface area (Å²) in [6.45, 7) is 11.3. The lowest BCUT2D eigenvalue weighted by Crippen LogP contribution is -2.56. The van der Waals surface area contributed by atoms with Crippen LogP contribution in [0.4, 0.5) is 30.8 Å². The second kappa shape index (κ2) is 23.8. The number of carbonyl (C=O) groups excluding carboxylic acids is 4. The number of terminal acetylenes is 2. The van der Waals surface area contributed by atoms with Crippen LogP contribution in [-0.2, 0) is 25.7 Å². The van der Waals surface area contributed by atoms with Gasteiger partial charge in [0.25, 0.3) is 0 Å². The standard InChI is InChI=1S/C36H34FN9O2.C26H26FN3O3.CH4/c1-3-36(35(48)41-28-10-11-30-29(19-28)33(43-42-30)25-5-8-27(37)9-6-25)13-16-44(23-36)22-32(47)46-18-17-45(21-24(46)2)31-12-7-26(20-40-31)34-38-14-4-15-39-34;1-5-26(12-13-30(16-26)24(32)33-25(2,3)4)23(31)29-20-11-8-18-15-28-22(21(18)14-20)17-6-9-19(27)10-7-17;/h1,4-12,14-15,19-20,24H,13,16-18,21-23H2,2H3,(H,41,48)(H,42,43);1,6-11,14H,12-13,15-16H2,2-4H3,(H,29,31);1H4/t24-,36?;;/m1../s1. The van der Waals surface area contributed by atoms with E-state index in [1.54, 1.807) is 75.8 Å². The molecule has 82 heavy (non-hydrogen) atoms. The highest BCUT2D eigenvalue weighted by Crippen LogP contribution is 2.36. The number of fused-ring (bicyclic) bond motifs is 2. The van der Waals surface area contributed by atoms with Gasteiger partial charge in [-0.1, -0.05) is 25.3 Å². The zero-order valence-electron chi connectivity index (χ0n) is 45.4. The number of halogens is 2. The van der Waals surface area contributed by atoms with Gasteiger partial charge in [0, 0.05) is 109 Å². The first-order valence-electron chi connectivity index (χ1n) is 26.7. The number of piperazine rings is 1. The van der Waals surface area contributed by atoms with Gasteiger partial charge in [0.1, 0.15) is 33.9 Å². The third kappa shape index (κ3) is 12.3. The van der Waals surface area contributed by atoms with Crippen molar-refractivity contribution in [3.63, 3.8) is 0 Å². The molecule has 2 unspecified atom stereocenters. The SMILES string of the molecule is C.C#CC1(C(=O)Nc2ccc3[nH]nc(-c4ccc(F)cc4)c3c2)CCN(CC(=O)N2CCN(c3ccc(-c4ncccn4)cn3)C[C@H]2C)C1.C#CC1(C(=O)Nc2ccc3c(c2)C(c2ccc(F)cc2)=NC3)CCN(C(=O)OC(C)(C)C)C1. The van der Waals surface area contributed by atoms with E-state index in [1.165, 1.54) is 29.2 Å². The minimum Gasteiger partial charge on any atom is -0.444 e. The molecule has 3 atom stereocenters. The Bertz CT molecular complexity index is 3630. The Labute approximate surface area is 475 Å². The molecule has 0 spiro atoms. The van der Waals surface area contributed by atoms with Crippen LogP contribution in [0.15, 0.2) is 127 Å². The maximum Gasteiger partial charge on any atom is 0.410 e. The number of aliphatic imine (C=N–C) groups is 1. The number of carbonyl (C=O) groups is 4.